The highest BCUT2D eigenvalue weighted by Crippen LogP contribution is 2.29. The Balaban J connectivity index is 1.39. The molecule has 8 nitrogen and oxygen atoms in total. The standard InChI is InChI=1S/C25H24N6O2/c1-30-23(9-11-28-30)24(32)29-20-10-14-31(16-19(20)17-5-3-2-4-6-17)25(33)18-7-8-21-22(15-18)27-13-12-26-21/h2-9,11-13,15,19-20H,10,14,16H2,1H3,(H,29,32)/t19-,20-/m1/s1. The predicted molar refractivity (Wildman–Crippen MR) is 124 cm³/mol. The summed E-state index contributed by atoms with van der Waals surface area (Å²) in [7, 11) is 1.75. The SMILES string of the molecule is Cn1nccc1C(=O)N[C@@H]1CCN(C(=O)c2ccc3nccnc3c2)C[C@@H]1c1ccccc1. The molecular weight excluding hydrogens is 416 g/mol. The Kier molecular flexibility index (Phi) is 5.56. The molecule has 0 aliphatic carbocycles. The molecule has 2 aromatic carbocycles. The summed E-state index contributed by atoms with van der Waals surface area (Å²) in [4.78, 5) is 36.7. The Morgan fingerprint density at radius 3 is 2.52 bits per heavy atom. The smallest absolute Gasteiger partial charge is 0.269 e. The van der Waals surface area contributed by atoms with Crippen LogP contribution in [0.15, 0.2) is 73.2 Å². The van der Waals surface area contributed by atoms with Crippen LogP contribution in [0, 0.1) is 0 Å². The molecule has 1 saturated heterocycles. The molecule has 5 rings (SSSR count). The van der Waals surface area contributed by atoms with E-state index in [0.717, 1.165) is 11.1 Å². The highest BCUT2D eigenvalue weighted by molar-refractivity contribution is 5.97. The molecule has 8 heteroatoms. The second kappa shape index (κ2) is 8.82. The molecule has 2 aromatic heterocycles. The number of carbonyl (C=O) groups is 2. The molecule has 0 unspecified atom stereocenters. The summed E-state index contributed by atoms with van der Waals surface area (Å²) in [6, 6.07) is 17.1. The normalized spacial score (nSPS) is 18.3. The quantitative estimate of drug-likeness (QED) is 0.527. The first-order chi connectivity index (χ1) is 16.1. The van der Waals surface area contributed by atoms with Crippen molar-refractivity contribution in [2.24, 2.45) is 7.05 Å². The summed E-state index contributed by atoms with van der Waals surface area (Å²) < 4.78 is 1.56. The molecule has 1 N–H and O–H groups in total. The molecule has 166 valence electrons. The molecule has 1 aliphatic rings. The molecule has 1 fully saturated rings. The Morgan fingerprint density at radius 1 is 0.970 bits per heavy atom. The van der Waals surface area contributed by atoms with E-state index >= 15 is 0 Å². The molecule has 2 atom stereocenters. The topological polar surface area (TPSA) is 93.0 Å². The molecule has 0 bridgehead atoms. The number of aromatic nitrogens is 4. The molecule has 0 radical (unpaired) electrons. The zero-order chi connectivity index (χ0) is 22.8. The second-order valence-electron chi connectivity index (χ2n) is 8.24. The van der Waals surface area contributed by atoms with Gasteiger partial charge >= 0.3 is 0 Å². The van der Waals surface area contributed by atoms with Gasteiger partial charge < -0.3 is 10.2 Å². The fourth-order valence-corrected chi connectivity index (χ4v) is 4.47. The average Bonchev–Trinajstić information content (AvgIpc) is 3.30. The van der Waals surface area contributed by atoms with Gasteiger partial charge in [0.1, 0.15) is 5.69 Å². The first-order valence-corrected chi connectivity index (χ1v) is 10.9. The van der Waals surface area contributed by atoms with Crippen LogP contribution in [0.1, 0.15) is 38.7 Å². The highest BCUT2D eigenvalue weighted by atomic mass is 16.2. The van der Waals surface area contributed by atoms with Crippen molar-refractivity contribution < 1.29 is 9.59 Å². The van der Waals surface area contributed by atoms with Crippen molar-refractivity contribution in [3.05, 3.63) is 90.0 Å². The molecule has 1 aliphatic heterocycles. The molecular formula is C25H24N6O2. The van der Waals surface area contributed by atoms with Gasteiger partial charge in [-0.05, 0) is 36.2 Å². The summed E-state index contributed by atoms with van der Waals surface area (Å²) in [6.45, 7) is 1.06. The number of rotatable bonds is 4. The van der Waals surface area contributed by atoms with Crippen molar-refractivity contribution >= 4 is 22.8 Å². The lowest BCUT2D eigenvalue weighted by Crippen LogP contribution is -2.51. The van der Waals surface area contributed by atoms with Crippen LogP contribution in [0.25, 0.3) is 11.0 Å². The van der Waals surface area contributed by atoms with Gasteiger partial charge in [0.25, 0.3) is 11.8 Å². The lowest BCUT2D eigenvalue weighted by Gasteiger charge is -2.39. The molecule has 2 amide bonds. The minimum Gasteiger partial charge on any atom is -0.347 e. The van der Waals surface area contributed by atoms with Crippen LogP contribution in [0.4, 0.5) is 0 Å². The van der Waals surface area contributed by atoms with Crippen LogP contribution in [0.5, 0.6) is 0 Å². The number of aryl methyl sites for hydroxylation is 1. The van der Waals surface area contributed by atoms with Crippen molar-refractivity contribution in [2.45, 2.75) is 18.4 Å². The number of piperidine rings is 1. The van der Waals surface area contributed by atoms with Crippen molar-refractivity contribution in [3.63, 3.8) is 0 Å². The van der Waals surface area contributed by atoms with E-state index in [2.05, 4.69) is 20.4 Å². The van der Waals surface area contributed by atoms with E-state index in [-0.39, 0.29) is 23.8 Å². The highest BCUT2D eigenvalue weighted by Gasteiger charge is 2.34. The predicted octanol–water partition coefficient (Wildman–Crippen LogP) is 2.79. The maximum absolute atomic E-state index is 13.4. The van der Waals surface area contributed by atoms with Gasteiger partial charge in [-0.3, -0.25) is 24.2 Å². The van der Waals surface area contributed by atoms with E-state index < -0.39 is 0 Å². The molecule has 0 saturated carbocycles. The number of hydrogen-bond acceptors (Lipinski definition) is 5. The fourth-order valence-electron chi connectivity index (χ4n) is 4.47. The van der Waals surface area contributed by atoms with Crippen LogP contribution >= 0.6 is 0 Å². The number of carbonyl (C=O) groups excluding carboxylic acids is 2. The molecule has 3 heterocycles. The van der Waals surface area contributed by atoms with E-state index in [0.29, 0.717) is 36.3 Å². The summed E-state index contributed by atoms with van der Waals surface area (Å²) in [5, 5.41) is 7.27. The van der Waals surface area contributed by atoms with Gasteiger partial charge in [0.05, 0.1) is 11.0 Å². The minimum absolute atomic E-state index is 0.0266. The number of nitrogens with one attached hydrogen (secondary N) is 1. The zero-order valence-corrected chi connectivity index (χ0v) is 18.3. The van der Waals surface area contributed by atoms with Gasteiger partial charge in [0, 0.05) is 56.3 Å². The van der Waals surface area contributed by atoms with Gasteiger partial charge in [-0.15, -0.1) is 0 Å². The van der Waals surface area contributed by atoms with Crippen LogP contribution in [-0.4, -0.2) is 55.6 Å². The Labute approximate surface area is 191 Å². The number of nitrogens with zero attached hydrogens (tertiary/aromatic N) is 5. The summed E-state index contributed by atoms with van der Waals surface area (Å²) in [5.74, 6) is -0.227. The number of hydrogen-bond donors (Lipinski definition) is 1. The minimum atomic E-state index is -0.159. The second-order valence-corrected chi connectivity index (χ2v) is 8.24. The average molecular weight is 441 g/mol. The number of benzene rings is 2. The number of likely N-dealkylation sites (tertiary alicyclic amines) is 1. The van der Waals surface area contributed by atoms with Gasteiger partial charge in [-0.1, -0.05) is 30.3 Å². The maximum atomic E-state index is 13.4. The van der Waals surface area contributed by atoms with Crippen LogP contribution in [0.3, 0.4) is 0 Å². The Bertz CT molecular complexity index is 1300. The van der Waals surface area contributed by atoms with Crippen LogP contribution < -0.4 is 5.32 Å². The fraction of sp³-hybridized carbons (Fsp3) is 0.240. The van der Waals surface area contributed by atoms with Crippen molar-refractivity contribution in [3.8, 4) is 0 Å². The summed E-state index contributed by atoms with van der Waals surface area (Å²) >= 11 is 0. The summed E-state index contributed by atoms with van der Waals surface area (Å²) in [5.41, 5.74) is 3.65. The van der Waals surface area contributed by atoms with E-state index in [1.54, 1.807) is 48.5 Å². The molecule has 4 aromatic rings. The van der Waals surface area contributed by atoms with E-state index in [9.17, 15) is 9.59 Å². The first kappa shape index (κ1) is 20.8. The largest absolute Gasteiger partial charge is 0.347 e. The lowest BCUT2D eigenvalue weighted by atomic mass is 9.85. The molecule has 33 heavy (non-hydrogen) atoms. The maximum Gasteiger partial charge on any atom is 0.269 e. The first-order valence-electron chi connectivity index (χ1n) is 10.9. The lowest BCUT2D eigenvalue weighted by molar-refractivity contribution is 0.0671. The Hall–Kier alpha value is -4.07. The van der Waals surface area contributed by atoms with Gasteiger partial charge in [0.15, 0.2) is 0 Å². The van der Waals surface area contributed by atoms with Crippen LogP contribution in [-0.2, 0) is 7.05 Å². The van der Waals surface area contributed by atoms with Crippen LogP contribution in [0.2, 0.25) is 0 Å². The van der Waals surface area contributed by atoms with Gasteiger partial charge in [-0.25, -0.2) is 0 Å². The number of amides is 2. The third kappa shape index (κ3) is 4.19. The van der Waals surface area contributed by atoms with Crippen molar-refractivity contribution in [1.29, 1.82) is 0 Å². The van der Waals surface area contributed by atoms with Crippen molar-refractivity contribution in [1.82, 2.24) is 30.0 Å². The van der Waals surface area contributed by atoms with E-state index in [1.165, 1.54) is 0 Å². The Morgan fingerprint density at radius 2 is 1.76 bits per heavy atom. The number of fused-ring (bicyclic) bond motifs is 1. The summed E-state index contributed by atoms with van der Waals surface area (Å²) in [6.07, 6.45) is 5.53. The van der Waals surface area contributed by atoms with Crippen molar-refractivity contribution in [2.75, 3.05) is 13.1 Å². The molecule has 0 spiro atoms. The van der Waals surface area contributed by atoms with E-state index in [4.69, 9.17) is 0 Å². The monoisotopic (exact) mass is 440 g/mol. The van der Waals surface area contributed by atoms with E-state index in [1.807, 2.05) is 41.3 Å². The third-order valence-corrected chi connectivity index (χ3v) is 6.21. The third-order valence-electron chi connectivity index (χ3n) is 6.21. The van der Waals surface area contributed by atoms with Gasteiger partial charge in [0.2, 0.25) is 0 Å². The zero-order valence-electron chi connectivity index (χ0n) is 18.3. The van der Waals surface area contributed by atoms with Gasteiger partial charge in [-0.2, -0.15) is 5.10 Å².